The Balaban J connectivity index is 1.67. The van der Waals surface area contributed by atoms with E-state index in [4.69, 9.17) is 0 Å². The molecule has 0 saturated carbocycles. The smallest absolute Gasteiger partial charge is 0.231 e. The Morgan fingerprint density at radius 2 is 2.16 bits per heavy atom. The molecule has 1 unspecified atom stereocenters. The first-order valence-electron chi connectivity index (χ1n) is 8.48. The van der Waals surface area contributed by atoms with Crippen LogP contribution in [-0.4, -0.2) is 28.6 Å². The zero-order chi connectivity index (χ0) is 18.0. The highest BCUT2D eigenvalue weighted by atomic mass is 32.1. The maximum atomic E-state index is 12.5. The molecule has 7 heteroatoms. The first kappa shape index (κ1) is 17.5. The minimum atomic E-state index is -0.369. The van der Waals surface area contributed by atoms with E-state index in [0.29, 0.717) is 11.7 Å². The van der Waals surface area contributed by atoms with Crippen molar-refractivity contribution in [2.24, 2.45) is 5.92 Å². The van der Waals surface area contributed by atoms with Gasteiger partial charge in [-0.25, -0.2) is 0 Å². The highest BCUT2D eigenvalue weighted by Gasteiger charge is 2.36. The first-order chi connectivity index (χ1) is 12.0. The number of nitrogens with zero attached hydrogens (tertiary/aromatic N) is 3. The van der Waals surface area contributed by atoms with Gasteiger partial charge in [-0.2, -0.15) is 0 Å². The number of aryl methyl sites for hydroxylation is 3. The van der Waals surface area contributed by atoms with E-state index in [0.717, 1.165) is 34.7 Å². The second-order valence-corrected chi connectivity index (χ2v) is 7.50. The Morgan fingerprint density at radius 3 is 2.88 bits per heavy atom. The molecule has 1 N–H and O–H groups in total. The third kappa shape index (κ3) is 3.87. The van der Waals surface area contributed by atoms with Gasteiger partial charge in [0.05, 0.1) is 5.92 Å². The van der Waals surface area contributed by atoms with Crippen LogP contribution in [-0.2, 0) is 16.0 Å². The fourth-order valence-corrected chi connectivity index (χ4v) is 3.90. The molecule has 1 aliphatic heterocycles. The molecule has 1 saturated heterocycles. The molecule has 0 aliphatic carbocycles. The lowest BCUT2D eigenvalue weighted by Gasteiger charge is -2.19. The van der Waals surface area contributed by atoms with E-state index in [-0.39, 0.29) is 24.2 Å². The summed E-state index contributed by atoms with van der Waals surface area (Å²) in [7, 11) is 0. The molecule has 132 valence electrons. The van der Waals surface area contributed by atoms with Crippen LogP contribution in [0, 0.1) is 19.8 Å². The molecule has 3 rings (SSSR count). The van der Waals surface area contributed by atoms with Gasteiger partial charge in [0.1, 0.15) is 5.01 Å². The molecule has 1 atom stereocenters. The number of hydrogen-bond donors (Lipinski definition) is 1. The summed E-state index contributed by atoms with van der Waals surface area (Å²) >= 11 is 1.39. The topological polar surface area (TPSA) is 75.2 Å². The van der Waals surface area contributed by atoms with Gasteiger partial charge in [-0.1, -0.05) is 36.0 Å². The molecule has 1 aromatic heterocycles. The maximum Gasteiger partial charge on any atom is 0.231 e. The van der Waals surface area contributed by atoms with Crippen molar-refractivity contribution in [2.45, 2.75) is 40.0 Å². The monoisotopic (exact) mass is 358 g/mol. The molecule has 2 aromatic rings. The lowest BCUT2D eigenvalue weighted by atomic mass is 10.1. The molecule has 1 fully saturated rings. The molecule has 2 amide bonds. The Hall–Kier alpha value is -2.28. The molecule has 25 heavy (non-hydrogen) atoms. The number of benzene rings is 1. The number of amides is 2. The highest BCUT2D eigenvalue weighted by molar-refractivity contribution is 7.15. The molecule has 2 heterocycles. The summed E-state index contributed by atoms with van der Waals surface area (Å²) in [4.78, 5) is 26.6. The van der Waals surface area contributed by atoms with Crippen molar-refractivity contribution < 1.29 is 9.59 Å². The van der Waals surface area contributed by atoms with Crippen LogP contribution in [0.4, 0.5) is 10.8 Å². The van der Waals surface area contributed by atoms with Crippen LogP contribution in [0.25, 0.3) is 0 Å². The lowest BCUT2D eigenvalue weighted by Crippen LogP contribution is -2.28. The Morgan fingerprint density at radius 1 is 1.36 bits per heavy atom. The van der Waals surface area contributed by atoms with Crippen LogP contribution in [0.5, 0.6) is 0 Å². The summed E-state index contributed by atoms with van der Waals surface area (Å²) in [5.41, 5.74) is 3.08. The number of carbonyl (C=O) groups excluding carboxylic acids is 2. The molecule has 1 aromatic carbocycles. The average molecular weight is 358 g/mol. The van der Waals surface area contributed by atoms with Gasteiger partial charge in [-0.05, 0) is 31.9 Å². The molecule has 0 spiro atoms. The van der Waals surface area contributed by atoms with E-state index < -0.39 is 0 Å². The minimum absolute atomic E-state index is 0.0176. The zero-order valence-electron chi connectivity index (χ0n) is 14.7. The van der Waals surface area contributed by atoms with Gasteiger partial charge in [0.2, 0.25) is 16.9 Å². The predicted octanol–water partition coefficient (Wildman–Crippen LogP) is 3.10. The van der Waals surface area contributed by atoms with Gasteiger partial charge in [-0.15, -0.1) is 10.2 Å². The van der Waals surface area contributed by atoms with Crippen LogP contribution in [0.15, 0.2) is 18.2 Å². The summed E-state index contributed by atoms with van der Waals surface area (Å²) in [6.45, 7) is 6.48. The Bertz CT molecular complexity index is 802. The normalized spacial score (nSPS) is 17.2. The van der Waals surface area contributed by atoms with Crippen molar-refractivity contribution in [2.75, 3.05) is 16.8 Å². The van der Waals surface area contributed by atoms with Gasteiger partial charge in [0.25, 0.3) is 0 Å². The summed E-state index contributed by atoms with van der Waals surface area (Å²) < 4.78 is 0. The quantitative estimate of drug-likeness (QED) is 0.891. The van der Waals surface area contributed by atoms with Crippen molar-refractivity contribution in [3.05, 3.63) is 34.3 Å². The van der Waals surface area contributed by atoms with Crippen molar-refractivity contribution in [1.82, 2.24) is 10.2 Å². The van der Waals surface area contributed by atoms with Crippen LogP contribution in [0.3, 0.4) is 0 Å². The molecule has 1 aliphatic rings. The summed E-state index contributed by atoms with van der Waals surface area (Å²) in [6.07, 6.45) is 2.07. The Labute approximate surface area is 151 Å². The number of rotatable bonds is 5. The second-order valence-electron chi connectivity index (χ2n) is 6.44. The highest BCUT2D eigenvalue weighted by Crippen LogP contribution is 2.29. The maximum absolute atomic E-state index is 12.5. The summed E-state index contributed by atoms with van der Waals surface area (Å²) in [5, 5.41) is 12.3. The van der Waals surface area contributed by atoms with E-state index in [1.54, 1.807) is 4.90 Å². The fourth-order valence-electron chi connectivity index (χ4n) is 3.05. The molecular formula is C18H22N4O2S. The van der Waals surface area contributed by atoms with Crippen molar-refractivity contribution in [3.63, 3.8) is 0 Å². The Kier molecular flexibility index (Phi) is 5.13. The van der Waals surface area contributed by atoms with E-state index in [1.165, 1.54) is 11.3 Å². The van der Waals surface area contributed by atoms with E-state index >= 15 is 0 Å². The third-order valence-corrected chi connectivity index (χ3v) is 5.20. The average Bonchev–Trinajstić information content (AvgIpc) is 3.15. The van der Waals surface area contributed by atoms with Crippen molar-refractivity contribution in [3.8, 4) is 0 Å². The molecule has 0 radical (unpaired) electrons. The number of hydrogen-bond acceptors (Lipinski definition) is 5. The SMILES string of the molecule is CCCc1nnc(NC(=O)C2CC(=O)N(c3ccc(C)cc3C)C2)s1. The minimum Gasteiger partial charge on any atom is -0.311 e. The van der Waals surface area contributed by atoms with Crippen LogP contribution < -0.4 is 10.2 Å². The van der Waals surface area contributed by atoms with Crippen LogP contribution in [0.1, 0.15) is 35.9 Å². The van der Waals surface area contributed by atoms with Crippen LogP contribution >= 0.6 is 11.3 Å². The molecule has 0 bridgehead atoms. The van der Waals surface area contributed by atoms with E-state index in [1.807, 2.05) is 32.0 Å². The summed E-state index contributed by atoms with van der Waals surface area (Å²) in [5.74, 6) is -0.553. The van der Waals surface area contributed by atoms with Gasteiger partial charge < -0.3 is 10.2 Å². The number of anilines is 2. The standard InChI is InChI=1S/C18H22N4O2S/c1-4-5-15-20-21-18(25-15)19-17(24)13-9-16(23)22(10-13)14-7-6-11(2)8-12(14)3/h6-8,13H,4-5,9-10H2,1-3H3,(H,19,21,24). The fraction of sp³-hybridized carbons (Fsp3) is 0.444. The lowest BCUT2D eigenvalue weighted by molar-refractivity contribution is -0.122. The largest absolute Gasteiger partial charge is 0.311 e. The third-order valence-electron chi connectivity index (χ3n) is 4.30. The van der Waals surface area contributed by atoms with Crippen LogP contribution in [0.2, 0.25) is 0 Å². The zero-order valence-corrected chi connectivity index (χ0v) is 15.5. The van der Waals surface area contributed by atoms with Gasteiger partial charge in [-0.3, -0.25) is 9.59 Å². The predicted molar refractivity (Wildman–Crippen MR) is 98.9 cm³/mol. The van der Waals surface area contributed by atoms with Gasteiger partial charge in [0, 0.05) is 25.1 Å². The van der Waals surface area contributed by atoms with E-state index in [2.05, 4.69) is 22.4 Å². The number of carbonyl (C=O) groups is 2. The van der Waals surface area contributed by atoms with Crippen molar-refractivity contribution in [1.29, 1.82) is 0 Å². The first-order valence-corrected chi connectivity index (χ1v) is 9.30. The van der Waals surface area contributed by atoms with Gasteiger partial charge in [0.15, 0.2) is 0 Å². The second kappa shape index (κ2) is 7.31. The van der Waals surface area contributed by atoms with E-state index in [9.17, 15) is 9.59 Å². The van der Waals surface area contributed by atoms with Gasteiger partial charge >= 0.3 is 0 Å². The number of nitrogens with one attached hydrogen (secondary N) is 1. The summed E-state index contributed by atoms with van der Waals surface area (Å²) in [6, 6.07) is 5.98. The molecule has 6 nitrogen and oxygen atoms in total. The molecular weight excluding hydrogens is 336 g/mol. The van der Waals surface area contributed by atoms with Crippen molar-refractivity contribution >= 4 is 34.0 Å². The number of aromatic nitrogens is 2.